The molecule has 3 fully saturated rings. The van der Waals surface area contributed by atoms with Gasteiger partial charge in [-0.2, -0.15) is 5.10 Å². The molecular weight excluding hydrogens is 742 g/mol. The number of thiophene rings is 1. The number of nitro groups is 1. The van der Waals surface area contributed by atoms with E-state index in [-0.39, 0.29) is 30.0 Å². The molecule has 9 rings (SSSR count). The Morgan fingerprint density at radius 2 is 1.69 bits per heavy atom. The lowest BCUT2D eigenvalue weighted by Crippen LogP contribution is -2.49. The number of aromatic hydroxyl groups is 1. The predicted octanol–water partition coefficient (Wildman–Crippen LogP) is 7.62. The zero-order valence-corrected chi connectivity index (χ0v) is 31.7. The maximum Gasteiger partial charge on any atom is 0.269 e. The first-order chi connectivity index (χ1) is 26.2. The van der Waals surface area contributed by atoms with Crippen molar-refractivity contribution in [1.82, 2.24) is 9.78 Å². The highest BCUT2D eigenvalue weighted by Crippen LogP contribution is 2.64. The zero-order valence-electron chi connectivity index (χ0n) is 30.1. The first-order valence-electron chi connectivity index (χ1n) is 17.9. The number of aromatic nitrogens is 2. The minimum atomic E-state index is -1.28. The molecule has 6 atom stereocenters. The molecule has 2 aromatic heterocycles. The van der Waals surface area contributed by atoms with Crippen LogP contribution in [-0.4, -0.2) is 43.4 Å². The highest BCUT2D eigenvalue weighted by molar-refractivity contribution is 7.22. The normalized spacial score (nSPS) is 26.1. The van der Waals surface area contributed by atoms with Crippen LogP contribution in [0.1, 0.15) is 42.4 Å². The second kappa shape index (κ2) is 12.2. The molecule has 1 saturated carbocycles. The Morgan fingerprint density at radius 3 is 2.40 bits per heavy atom. The second-order valence-corrected chi connectivity index (χ2v) is 16.7. The van der Waals surface area contributed by atoms with Crippen LogP contribution < -0.4 is 9.80 Å². The summed E-state index contributed by atoms with van der Waals surface area (Å²) in [6.07, 6.45) is 2.37. The monoisotopic (exact) mass is 775 g/mol. The maximum absolute atomic E-state index is 15.1. The number of halogens is 1. The van der Waals surface area contributed by atoms with Crippen LogP contribution >= 0.6 is 22.9 Å². The Morgan fingerprint density at radius 1 is 0.945 bits per heavy atom. The van der Waals surface area contributed by atoms with Crippen molar-refractivity contribution in [2.45, 2.75) is 39.5 Å². The van der Waals surface area contributed by atoms with Gasteiger partial charge in [0, 0.05) is 40.9 Å². The molecular formula is C41H34ClN5O7S. The third-order valence-corrected chi connectivity index (χ3v) is 13.9. The summed E-state index contributed by atoms with van der Waals surface area (Å²) >= 11 is 7.86. The lowest BCUT2D eigenvalue weighted by molar-refractivity contribution is -0.384. The number of amides is 4. The van der Waals surface area contributed by atoms with Gasteiger partial charge in [-0.15, -0.1) is 11.3 Å². The van der Waals surface area contributed by atoms with Crippen molar-refractivity contribution in [2.24, 2.45) is 36.1 Å². The lowest BCUT2D eigenvalue weighted by Gasteiger charge is -2.49. The molecule has 4 amide bonds. The summed E-state index contributed by atoms with van der Waals surface area (Å²) in [6, 6.07) is 17.9. The highest BCUT2D eigenvalue weighted by Gasteiger charge is 2.68. The fourth-order valence-electron chi connectivity index (χ4n) is 9.67. The molecule has 1 N–H and O–H groups in total. The average Bonchev–Trinajstić information content (AvgIpc) is 3.83. The molecule has 6 unspecified atom stereocenters. The summed E-state index contributed by atoms with van der Waals surface area (Å²) in [6.45, 7) is 5.57. The van der Waals surface area contributed by atoms with E-state index >= 15 is 4.79 Å². The van der Waals surface area contributed by atoms with Crippen molar-refractivity contribution in [1.29, 1.82) is 0 Å². The Kier molecular flexibility index (Phi) is 7.76. The number of carbonyl (C=O) groups excluding carboxylic acids is 4. The van der Waals surface area contributed by atoms with E-state index in [0.29, 0.717) is 22.1 Å². The summed E-state index contributed by atoms with van der Waals surface area (Å²) in [5, 5.41) is 28.2. The molecule has 0 spiro atoms. The predicted molar refractivity (Wildman–Crippen MR) is 207 cm³/mol. The van der Waals surface area contributed by atoms with Gasteiger partial charge in [0.25, 0.3) is 5.69 Å². The first kappa shape index (κ1) is 35.1. The number of phenolic OH excluding ortho intramolecular Hbond substituents is 1. The summed E-state index contributed by atoms with van der Waals surface area (Å²) in [5.41, 5.74) is 2.51. The van der Waals surface area contributed by atoms with Gasteiger partial charge in [0.15, 0.2) is 0 Å². The fourth-order valence-corrected chi connectivity index (χ4v) is 11.0. The van der Waals surface area contributed by atoms with Gasteiger partial charge < -0.3 is 5.11 Å². The van der Waals surface area contributed by atoms with Crippen molar-refractivity contribution in [3.63, 3.8) is 0 Å². The summed E-state index contributed by atoms with van der Waals surface area (Å²) in [5.74, 6) is -4.81. The average molecular weight is 776 g/mol. The maximum atomic E-state index is 15.1. The van der Waals surface area contributed by atoms with Crippen LogP contribution in [0.25, 0.3) is 20.7 Å². The topological polar surface area (TPSA) is 156 Å². The van der Waals surface area contributed by atoms with E-state index in [2.05, 4.69) is 0 Å². The number of phenols is 1. The number of nitrogens with zero attached hydrogens (tertiary/aromatic N) is 5. The van der Waals surface area contributed by atoms with Gasteiger partial charge in [-0.05, 0) is 98.0 Å². The van der Waals surface area contributed by atoms with E-state index < -0.39 is 63.6 Å². The zero-order chi connectivity index (χ0) is 38.8. The third-order valence-electron chi connectivity index (χ3n) is 12.4. The van der Waals surface area contributed by atoms with Crippen LogP contribution in [0.5, 0.6) is 5.75 Å². The summed E-state index contributed by atoms with van der Waals surface area (Å²) in [4.78, 5) is 72.3. The number of hydrogen-bond donors (Lipinski definition) is 1. The van der Waals surface area contributed by atoms with Crippen LogP contribution in [0.4, 0.5) is 17.2 Å². The van der Waals surface area contributed by atoms with Crippen molar-refractivity contribution < 1.29 is 29.2 Å². The molecule has 0 bridgehead atoms. The molecule has 4 heterocycles. The number of rotatable bonds is 5. The number of allylic oxidation sites excluding steroid dienone is 2. The second-order valence-electron chi connectivity index (χ2n) is 15.2. The van der Waals surface area contributed by atoms with E-state index in [1.807, 2.05) is 44.2 Å². The Balaban J connectivity index is 1.14. The van der Waals surface area contributed by atoms with Crippen molar-refractivity contribution in [2.75, 3.05) is 9.80 Å². The van der Waals surface area contributed by atoms with Crippen molar-refractivity contribution >= 4 is 73.8 Å². The Hall–Kier alpha value is -5.66. The molecule has 12 nitrogen and oxygen atoms in total. The largest absolute Gasteiger partial charge is 0.508 e. The van der Waals surface area contributed by atoms with Gasteiger partial charge in [0.2, 0.25) is 23.6 Å². The molecule has 3 aromatic carbocycles. The number of nitro benzene ring substituents is 1. The number of anilines is 2. The van der Waals surface area contributed by atoms with Crippen molar-refractivity contribution in [3.8, 4) is 16.3 Å². The first-order valence-corrected chi connectivity index (χ1v) is 19.1. The van der Waals surface area contributed by atoms with Gasteiger partial charge in [0.05, 0.1) is 38.7 Å². The molecule has 2 aliphatic heterocycles. The summed E-state index contributed by atoms with van der Waals surface area (Å²) < 4.78 is 2.58. The van der Waals surface area contributed by atoms with Crippen LogP contribution in [0.15, 0.2) is 78.4 Å². The minimum absolute atomic E-state index is 0.0856. The number of aryl methyl sites for hydroxylation is 3. The van der Waals surface area contributed by atoms with E-state index in [9.17, 15) is 29.6 Å². The van der Waals surface area contributed by atoms with E-state index in [1.165, 1.54) is 29.2 Å². The quantitative estimate of drug-likeness (QED) is 0.0828. The van der Waals surface area contributed by atoms with E-state index in [4.69, 9.17) is 16.7 Å². The van der Waals surface area contributed by atoms with Gasteiger partial charge in [-0.3, -0.25) is 38.9 Å². The molecule has 2 aliphatic carbocycles. The molecule has 55 heavy (non-hydrogen) atoms. The number of non-ortho nitro benzene ring substituents is 1. The van der Waals surface area contributed by atoms with Gasteiger partial charge in [0.1, 0.15) is 17.3 Å². The number of hydrogen-bond acceptors (Lipinski definition) is 9. The standard InChI is InChI=1S/C41H34ClN5O7S/c1-19-15-21(5-13-31(19)48)35-25-11-12-26-34(39(51)45(37(26)49)23-7-9-24(10-8-23)47(53)54)28(25)17-29-38(50)46(40(52)41(29,35)3)33-18-30(43-44(33)4)36-20(2)27-16-22(42)6-14-32(27)55-36/h5-11,13-16,18,26,28-29,34-35,48H,12,17H2,1-4H3. The van der Waals surface area contributed by atoms with Crippen LogP contribution in [0.3, 0.4) is 0 Å². The minimum Gasteiger partial charge on any atom is -0.508 e. The number of benzene rings is 3. The highest BCUT2D eigenvalue weighted by atomic mass is 35.5. The smallest absolute Gasteiger partial charge is 0.269 e. The van der Waals surface area contributed by atoms with Crippen LogP contribution in [0, 0.1) is 53.0 Å². The number of carbonyl (C=O) groups is 4. The lowest BCUT2D eigenvalue weighted by atomic mass is 9.51. The molecule has 14 heteroatoms. The van der Waals surface area contributed by atoms with Gasteiger partial charge >= 0.3 is 0 Å². The SMILES string of the molecule is Cc1cc(C2C3=CCC4C(=O)N(c5ccc([N+](=O)[O-])cc5)C(=O)C4C3CC3C(=O)N(c4cc(-c5sc6ccc(Cl)cc6c5C)nn4C)C(=O)C32C)ccc1O. The van der Waals surface area contributed by atoms with Gasteiger partial charge in [-0.25, -0.2) is 4.90 Å². The Labute approximate surface area is 323 Å². The molecule has 278 valence electrons. The number of fused-ring (bicyclic) bond motifs is 5. The third kappa shape index (κ3) is 4.91. The molecule has 2 saturated heterocycles. The fraction of sp³-hybridized carbons (Fsp3) is 0.293. The molecule has 0 radical (unpaired) electrons. The number of imide groups is 2. The summed E-state index contributed by atoms with van der Waals surface area (Å²) in [7, 11) is 1.70. The Bertz CT molecular complexity index is 2590. The molecule has 5 aromatic rings. The van der Waals surface area contributed by atoms with E-state index in [0.717, 1.165) is 36.6 Å². The van der Waals surface area contributed by atoms with Crippen LogP contribution in [0.2, 0.25) is 5.02 Å². The van der Waals surface area contributed by atoms with E-state index in [1.54, 1.807) is 48.2 Å². The van der Waals surface area contributed by atoms with Crippen LogP contribution in [-0.2, 0) is 26.2 Å². The van der Waals surface area contributed by atoms with Gasteiger partial charge in [-0.1, -0.05) is 35.4 Å². The molecule has 4 aliphatic rings. The van der Waals surface area contributed by atoms with Crippen molar-refractivity contribution in [3.05, 3.63) is 110 Å².